The second-order valence-corrected chi connectivity index (χ2v) is 5.28. The molecule has 0 aliphatic rings. The molecular formula is C11H20BrNO3. The Labute approximate surface area is 105 Å². The van der Waals surface area contributed by atoms with Crippen LogP contribution in [0.2, 0.25) is 0 Å². The molecular weight excluding hydrogens is 274 g/mol. The van der Waals surface area contributed by atoms with Crippen molar-refractivity contribution in [3.05, 3.63) is 0 Å². The number of hydrogen-bond donors (Lipinski definition) is 0. The van der Waals surface area contributed by atoms with Crippen molar-refractivity contribution in [2.45, 2.75) is 25.6 Å². The van der Waals surface area contributed by atoms with Crippen molar-refractivity contribution in [2.24, 2.45) is 11.8 Å². The van der Waals surface area contributed by atoms with E-state index in [0.717, 1.165) is 0 Å². The average Bonchev–Trinajstić information content (AvgIpc) is 2.25. The Bertz CT molecular complexity index is 256. The molecule has 2 unspecified atom stereocenters. The highest BCUT2D eigenvalue weighted by Crippen LogP contribution is 2.15. The van der Waals surface area contributed by atoms with E-state index < -0.39 is 0 Å². The minimum Gasteiger partial charge on any atom is -0.469 e. The van der Waals surface area contributed by atoms with Crippen molar-refractivity contribution >= 4 is 27.8 Å². The molecule has 16 heavy (non-hydrogen) atoms. The first-order chi connectivity index (χ1) is 7.31. The Kier molecular flexibility index (Phi) is 6.64. The summed E-state index contributed by atoms with van der Waals surface area (Å²) < 4.78 is 4.61. The highest BCUT2D eigenvalue weighted by molar-refractivity contribution is 9.10. The van der Waals surface area contributed by atoms with Gasteiger partial charge in [0.25, 0.3) is 0 Å². The number of hydrogen-bond acceptors (Lipinski definition) is 3. The van der Waals surface area contributed by atoms with E-state index in [9.17, 15) is 9.59 Å². The third kappa shape index (κ3) is 4.51. The maximum Gasteiger partial charge on any atom is 0.310 e. The van der Waals surface area contributed by atoms with Gasteiger partial charge in [-0.1, -0.05) is 36.7 Å². The van der Waals surface area contributed by atoms with E-state index in [1.54, 1.807) is 18.9 Å². The summed E-state index contributed by atoms with van der Waals surface area (Å²) in [7, 11) is 3.04. The fraction of sp³-hybridized carbons (Fsp3) is 0.818. The molecule has 94 valence electrons. The Morgan fingerprint density at radius 1 is 1.31 bits per heavy atom. The zero-order chi connectivity index (χ0) is 12.9. The van der Waals surface area contributed by atoms with Gasteiger partial charge in [0.05, 0.1) is 17.9 Å². The highest BCUT2D eigenvalue weighted by Gasteiger charge is 2.25. The molecule has 0 bridgehead atoms. The van der Waals surface area contributed by atoms with Crippen LogP contribution < -0.4 is 0 Å². The second-order valence-electron chi connectivity index (χ2n) is 4.29. The van der Waals surface area contributed by atoms with Gasteiger partial charge in [-0.3, -0.25) is 9.59 Å². The summed E-state index contributed by atoms with van der Waals surface area (Å²) in [5, 5.41) is 0. The van der Waals surface area contributed by atoms with E-state index in [0.29, 0.717) is 6.54 Å². The molecule has 5 heteroatoms. The molecule has 0 aromatic heterocycles. The van der Waals surface area contributed by atoms with Crippen LogP contribution in [0, 0.1) is 11.8 Å². The summed E-state index contributed by atoms with van der Waals surface area (Å²) in [6.07, 6.45) is 0. The Hall–Kier alpha value is -0.580. The summed E-state index contributed by atoms with van der Waals surface area (Å²) in [4.78, 5) is 24.4. The summed E-state index contributed by atoms with van der Waals surface area (Å²) in [5.41, 5.74) is 0. The SMILES string of the molecule is COC(=O)C(C)CN(C)C(=O)C(Br)C(C)C. The van der Waals surface area contributed by atoms with E-state index in [2.05, 4.69) is 20.7 Å². The van der Waals surface area contributed by atoms with Gasteiger partial charge >= 0.3 is 5.97 Å². The number of methoxy groups -OCH3 is 1. The van der Waals surface area contributed by atoms with Crippen LogP contribution in [-0.2, 0) is 14.3 Å². The zero-order valence-corrected chi connectivity index (χ0v) is 12.1. The van der Waals surface area contributed by atoms with Crippen LogP contribution in [0.1, 0.15) is 20.8 Å². The van der Waals surface area contributed by atoms with Crippen LogP contribution >= 0.6 is 15.9 Å². The van der Waals surface area contributed by atoms with Gasteiger partial charge in [-0.05, 0) is 5.92 Å². The zero-order valence-electron chi connectivity index (χ0n) is 10.5. The van der Waals surface area contributed by atoms with Gasteiger partial charge in [-0.2, -0.15) is 0 Å². The number of carbonyl (C=O) groups excluding carboxylic acids is 2. The number of halogens is 1. The predicted molar refractivity (Wildman–Crippen MR) is 66.4 cm³/mol. The lowest BCUT2D eigenvalue weighted by Crippen LogP contribution is -2.39. The Balaban J connectivity index is 4.30. The predicted octanol–water partition coefficient (Wildman–Crippen LogP) is 1.67. The Morgan fingerprint density at radius 3 is 2.19 bits per heavy atom. The van der Waals surface area contributed by atoms with Gasteiger partial charge in [0.2, 0.25) is 5.91 Å². The van der Waals surface area contributed by atoms with Gasteiger partial charge in [-0.15, -0.1) is 0 Å². The molecule has 0 heterocycles. The molecule has 4 nitrogen and oxygen atoms in total. The normalized spacial score (nSPS) is 14.4. The van der Waals surface area contributed by atoms with E-state index in [-0.39, 0.29) is 28.5 Å². The minimum absolute atomic E-state index is 0.00856. The second kappa shape index (κ2) is 6.89. The number of nitrogens with zero attached hydrogens (tertiary/aromatic N) is 1. The van der Waals surface area contributed by atoms with Crippen LogP contribution in [0.15, 0.2) is 0 Å². The monoisotopic (exact) mass is 293 g/mol. The van der Waals surface area contributed by atoms with Gasteiger partial charge in [0, 0.05) is 13.6 Å². The molecule has 0 saturated carbocycles. The smallest absolute Gasteiger partial charge is 0.310 e. The van der Waals surface area contributed by atoms with E-state index in [4.69, 9.17) is 0 Å². The third-order valence-electron chi connectivity index (χ3n) is 2.35. The van der Waals surface area contributed by atoms with Crippen LogP contribution in [0.25, 0.3) is 0 Å². The summed E-state index contributed by atoms with van der Waals surface area (Å²) in [5.74, 6) is -0.379. The molecule has 0 N–H and O–H groups in total. The molecule has 2 atom stereocenters. The topological polar surface area (TPSA) is 46.6 Å². The maximum absolute atomic E-state index is 11.9. The van der Waals surface area contributed by atoms with Crippen molar-refractivity contribution in [3.63, 3.8) is 0 Å². The fourth-order valence-corrected chi connectivity index (χ4v) is 1.62. The third-order valence-corrected chi connectivity index (χ3v) is 3.80. The first-order valence-electron chi connectivity index (χ1n) is 5.28. The number of amides is 1. The number of esters is 1. The minimum atomic E-state index is -0.300. The molecule has 0 aliphatic heterocycles. The van der Waals surface area contributed by atoms with Gasteiger partial charge in [0.1, 0.15) is 0 Å². The number of carbonyl (C=O) groups is 2. The molecule has 0 rings (SSSR count). The van der Waals surface area contributed by atoms with Crippen molar-refractivity contribution in [2.75, 3.05) is 20.7 Å². The van der Waals surface area contributed by atoms with Crippen molar-refractivity contribution < 1.29 is 14.3 Å². The van der Waals surface area contributed by atoms with Crippen LogP contribution in [0.3, 0.4) is 0 Å². The standard InChI is InChI=1S/C11H20BrNO3/c1-7(2)9(12)10(14)13(4)6-8(3)11(15)16-5/h7-9H,6H2,1-5H3. The van der Waals surface area contributed by atoms with Crippen LogP contribution in [-0.4, -0.2) is 42.3 Å². The number of rotatable bonds is 5. The van der Waals surface area contributed by atoms with Gasteiger partial charge in [-0.25, -0.2) is 0 Å². The average molecular weight is 294 g/mol. The fourth-order valence-electron chi connectivity index (χ4n) is 1.27. The summed E-state index contributed by atoms with van der Waals surface area (Å²) in [6.45, 7) is 6.05. The largest absolute Gasteiger partial charge is 0.469 e. The Morgan fingerprint density at radius 2 is 1.81 bits per heavy atom. The molecule has 1 amide bonds. The van der Waals surface area contributed by atoms with E-state index in [1.807, 2.05) is 13.8 Å². The highest BCUT2D eigenvalue weighted by atomic mass is 79.9. The van der Waals surface area contributed by atoms with E-state index >= 15 is 0 Å². The van der Waals surface area contributed by atoms with Crippen LogP contribution in [0.4, 0.5) is 0 Å². The molecule has 0 aromatic rings. The van der Waals surface area contributed by atoms with Crippen LogP contribution in [0.5, 0.6) is 0 Å². The molecule has 0 radical (unpaired) electrons. The van der Waals surface area contributed by atoms with Crippen molar-refractivity contribution in [1.29, 1.82) is 0 Å². The maximum atomic E-state index is 11.9. The number of alkyl halides is 1. The lowest BCUT2D eigenvalue weighted by molar-refractivity contribution is -0.146. The molecule has 0 fully saturated rings. The summed E-state index contributed by atoms with van der Waals surface area (Å²) >= 11 is 3.34. The van der Waals surface area contributed by atoms with Gasteiger partial charge < -0.3 is 9.64 Å². The lowest BCUT2D eigenvalue weighted by atomic mass is 10.1. The first-order valence-corrected chi connectivity index (χ1v) is 6.19. The molecule has 0 spiro atoms. The van der Waals surface area contributed by atoms with Crippen molar-refractivity contribution in [1.82, 2.24) is 4.90 Å². The number of ether oxygens (including phenoxy) is 1. The molecule has 0 aromatic carbocycles. The first kappa shape index (κ1) is 15.4. The molecule has 0 saturated heterocycles. The van der Waals surface area contributed by atoms with Gasteiger partial charge in [0.15, 0.2) is 0 Å². The lowest BCUT2D eigenvalue weighted by Gasteiger charge is -2.24. The quantitative estimate of drug-likeness (QED) is 0.572. The molecule has 0 aliphatic carbocycles. The van der Waals surface area contributed by atoms with E-state index in [1.165, 1.54) is 7.11 Å². The summed E-state index contributed by atoms with van der Waals surface area (Å²) in [6, 6.07) is 0. The van der Waals surface area contributed by atoms with Crippen molar-refractivity contribution in [3.8, 4) is 0 Å².